The average Bonchev–Trinajstić information content (AvgIpc) is 2.85. The third-order valence-electron chi connectivity index (χ3n) is 3.87. The lowest BCUT2D eigenvalue weighted by Crippen LogP contribution is -2.37. The Bertz CT molecular complexity index is 587. The van der Waals surface area contributed by atoms with E-state index in [9.17, 15) is 8.42 Å². The molecule has 1 atom stereocenters. The highest BCUT2D eigenvalue weighted by molar-refractivity contribution is 7.90. The predicted molar refractivity (Wildman–Crippen MR) is 72.6 cm³/mol. The standard InChI is InChI=1S/C12H18N4O2S/c13-6-10-2-1-4-16(10)12-14-7-9-8-19(17,18)5-3-11(9)15-12/h7,10H,1-6,8,13H2. The number of hydrogen-bond acceptors (Lipinski definition) is 6. The average molecular weight is 282 g/mol. The van der Waals surface area contributed by atoms with Crippen molar-refractivity contribution in [3.8, 4) is 0 Å². The fourth-order valence-corrected chi connectivity index (χ4v) is 4.18. The first-order chi connectivity index (χ1) is 9.09. The van der Waals surface area contributed by atoms with E-state index in [1.807, 2.05) is 0 Å². The largest absolute Gasteiger partial charge is 0.337 e. The van der Waals surface area contributed by atoms with Crippen LogP contribution in [0.3, 0.4) is 0 Å². The van der Waals surface area contributed by atoms with Crippen molar-refractivity contribution in [3.63, 3.8) is 0 Å². The minimum absolute atomic E-state index is 0.0724. The summed E-state index contributed by atoms with van der Waals surface area (Å²) in [5, 5.41) is 0. The highest BCUT2D eigenvalue weighted by Crippen LogP contribution is 2.25. The number of aromatic nitrogens is 2. The van der Waals surface area contributed by atoms with Crippen molar-refractivity contribution in [1.29, 1.82) is 0 Å². The molecule has 1 unspecified atom stereocenters. The highest BCUT2D eigenvalue weighted by atomic mass is 32.2. The first-order valence-electron chi connectivity index (χ1n) is 6.61. The highest BCUT2D eigenvalue weighted by Gasteiger charge is 2.28. The van der Waals surface area contributed by atoms with Crippen LogP contribution in [0, 0.1) is 0 Å². The van der Waals surface area contributed by atoms with E-state index in [4.69, 9.17) is 5.73 Å². The summed E-state index contributed by atoms with van der Waals surface area (Å²) in [6, 6.07) is 0.311. The first kappa shape index (κ1) is 12.8. The molecule has 7 heteroatoms. The summed E-state index contributed by atoms with van der Waals surface area (Å²) in [5.74, 6) is 0.964. The summed E-state index contributed by atoms with van der Waals surface area (Å²) < 4.78 is 23.1. The fraction of sp³-hybridized carbons (Fsp3) is 0.667. The van der Waals surface area contributed by atoms with Crippen LogP contribution in [0.1, 0.15) is 24.1 Å². The number of hydrogen-bond donors (Lipinski definition) is 1. The van der Waals surface area contributed by atoms with Crippen LogP contribution in [0.5, 0.6) is 0 Å². The van der Waals surface area contributed by atoms with Crippen molar-refractivity contribution in [2.24, 2.45) is 5.73 Å². The van der Waals surface area contributed by atoms with Crippen molar-refractivity contribution in [2.45, 2.75) is 31.1 Å². The Morgan fingerprint density at radius 2 is 2.32 bits per heavy atom. The number of aryl methyl sites for hydroxylation is 1. The van der Waals surface area contributed by atoms with E-state index in [2.05, 4.69) is 14.9 Å². The Labute approximate surface area is 113 Å². The van der Waals surface area contributed by atoms with Gasteiger partial charge in [-0.2, -0.15) is 0 Å². The van der Waals surface area contributed by atoms with E-state index < -0.39 is 9.84 Å². The van der Waals surface area contributed by atoms with Gasteiger partial charge in [0.2, 0.25) is 5.95 Å². The Balaban J connectivity index is 1.90. The third-order valence-corrected chi connectivity index (χ3v) is 5.45. The van der Waals surface area contributed by atoms with Crippen LogP contribution in [-0.2, 0) is 22.0 Å². The molecule has 19 heavy (non-hydrogen) atoms. The molecule has 3 heterocycles. The zero-order valence-electron chi connectivity index (χ0n) is 10.7. The zero-order valence-corrected chi connectivity index (χ0v) is 11.6. The van der Waals surface area contributed by atoms with Crippen molar-refractivity contribution < 1.29 is 8.42 Å². The number of nitrogens with two attached hydrogens (primary N) is 1. The lowest BCUT2D eigenvalue weighted by atomic mass is 10.2. The van der Waals surface area contributed by atoms with Crippen molar-refractivity contribution >= 4 is 15.8 Å². The van der Waals surface area contributed by atoms with Crippen LogP contribution in [-0.4, -0.2) is 43.3 Å². The minimum Gasteiger partial charge on any atom is -0.337 e. The summed E-state index contributed by atoms with van der Waals surface area (Å²) in [6.07, 6.45) is 4.34. The second kappa shape index (κ2) is 4.72. The van der Waals surface area contributed by atoms with E-state index in [0.29, 0.717) is 25.0 Å². The maximum absolute atomic E-state index is 11.6. The molecule has 0 aromatic carbocycles. The van der Waals surface area contributed by atoms with Gasteiger partial charge in [-0.05, 0) is 12.8 Å². The van der Waals surface area contributed by atoms with E-state index in [-0.39, 0.29) is 11.5 Å². The molecule has 104 valence electrons. The van der Waals surface area contributed by atoms with Gasteiger partial charge in [0.1, 0.15) is 0 Å². The normalized spacial score (nSPS) is 25.3. The molecule has 3 rings (SSSR count). The van der Waals surface area contributed by atoms with E-state index in [1.165, 1.54) is 0 Å². The molecule has 0 aliphatic carbocycles. The molecule has 2 aliphatic rings. The van der Waals surface area contributed by atoms with Crippen molar-refractivity contribution in [2.75, 3.05) is 23.7 Å². The number of rotatable bonds is 2. The zero-order chi connectivity index (χ0) is 13.5. The quantitative estimate of drug-likeness (QED) is 0.813. The molecule has 0 bridgehead atoms. The minimum atomic E-state index is -2.96. The topological polar surface area (TPSA) is 89.2 Å². The van der Waals surface area contributed by atoms with Gasteiger partial charge in [0.15, 0.2) is 9.84 Å². The maximum atomic E-state index is 11.6. The number of nitrogens with zero attached hydrogens (tertiary/aromatic N) is 3. The van der Waals surface area contributed by atoms with Crippen LogP contribution in [0.15, 0.2) is 6.20 Å². The Kier molecular flexibility index (Phi) is 3.18. The lowest BCUT2D eigenvalue weighted by Gasteiger charge is -2.25. The van der Waals surface area contributed by atoms with E-state index >= 15 is 0 Å². The Morgan fingerprint density at radius 3 is 3.11 bits per heavy atom. The molecular formula is C12H18N4O2S. The van der Waals surface area contributed by atoms with Gasteiger partial charge in [-0.25, -0.2) is 18.4 Å². The molecule has 1 fully saturated rings. The van der Waals surface area contributed by atoms with Crippen molar-refractivity contribution in [3.05, 3.63) is 17.5 Å². The van der Waals surface area contributed by atoms with Crippen LogP contribution in [0.4, 0.5) is 5.95 Å². The second-order valence-corrected chi connectivity index (χ2v) is 7.39. The van der Waals surface area contributed by atoms with Crippen LogP contribution in [0.2, 0.25) is 0 Å². The molecule has 6 nitrogen and oxygen atoms in total. The molecule has 0 radical (unpaired) electrons. The molecule has 0 saturated carbocycles. The van der Waals surface area contributed by atoms with Gasteiger partial charge in [0, 0.05) is 37.3 Å². The van der Waals surface area contributed by atoms with Gasteiger partial charge >= 0.3 is 0 Å². The lowest BCUT2D eigenvalue weighted by molar-refractivity contribution is 0.590. The molecular weight excluding hydrogens is 264 g/mol. The molecule has 2 N–H and O–H groups in total. The van der Waals surface area contributed by atoms with E-state index in [1.54, 1.807) is 6.20 Å². The van der Waals surface area contributed by atoms with Crippen LogP contribution >= 0.6 is 0 Å². The molecule has 0 spiro atoms. The SMILES string of the molecule is NCC1CCCN1c1ncc2c(n1)CCS(=O)(=O)C2. The van der Waals surface area contributed by atoms with Crippen LogP contribution in [0.25, 0.3) is 0 Å². The Hall–Kier alpha value is -1.21. The molecule has 1 aromatic heterocycles. The smallest absolute Gasteiger partial charge is 0.225 e. The van der Waals surface area contributed by atoms with Gasteiger partial charge in [0.05, 0.1) is 17.2 Å². The van der Waals surface area contributed by atoms with Gasteiger partial charge in [0.25, 0.3) is 0 Å². The van der Waals surface area contributed by atoms with Gasteiger partial charge < -0.3 is 10.6 Å². The first-order valence-corrected chi connectivity index (χ1v) is 8.43. The van der Waals surface area contributed by atoms with Gasteiger partial charge in [-0.1, -0.05) is 0 Å². The summed E-state index contributed by atoms with van der Waals surface area (Å²) in [4.78, 5) is 11.0. The van der Waals surface area contributed by atoms with Crippen LogP contribution < -0.4 is 10.6 Å². The summed E-state index contributed by atoms with van der Waals surface area (Å²) >= 11 is 0. The van der Waals surface area contributed by atoms with E-state index in [0.717, 1.165) is 30.6 Å². The summed E-state index contributed by atoms with van der Waals surface area (Å²) in [5.41, 5.74) is 7.38. The maximum Gasteiger partial charge on any atom is 0.225 e. The second-order valence-electron chi connectivity index (χ2n) is 5.21. The van der Waals surface area contributed by atoms with Gasteiger partial charge in [-0.3, -0.25) is 0 Å². The third kappa shape index (κ3) is 2.44. The Morgan fingerprint density at radius 1 is 1.47 bits per heavy atom. The number of anilines is 1. The van der Waals surface area contributed by atoms with Gasteiger partial charge in [-0.15, -0.1) is 0 Å². The molecule has 1 aromatic rings. The fourth-order valence-electron chi connectivity index (χ4n) is 2.81. The molecule has 0 amide bonds. The predicted octanol–water partition coefficient (Wildman–Crippen LogP) is -0.125. The molecule has 2 aliphatic heterocycles. The number of sulfone groups is 1. The monoisotopic (exact) mass is 282 g/mol. The summed E-state index contributed by atoms with van der Waals surface area (Å²) in [6.45, 7) is 1.54. The molecule has 1 saturated heterocycles. The van der Waals surface area contributed by atoms with Crippen molar-refractivity contribution in [1.82, 2.24) is 9.97 Å². The number of fused-ring (bicyclic) bond motifs is 1. The summed E-state index contributed by atoms with van der Waals surface area (Å²) in [7, 11) is -2.96.